The fourth-order valence-electron chi connectivity index (χ4n) is 3.16. The summed E-state index contributed by atoms with van der Waals surface area (Å²) in [4.78, 5) is 23.4. The van der Waals surface area contributed by atoms with Gasteiger partial charge in [-0.1, -0.05) is 0 Å². The van der Waals surface area contributed by atoms with Crippen molar-refractivity contribution in [1.82, 2.24) is 5.32 Å². The Morgan fingerprint density at radius 3 is 2.04 bits per heavy atom. The molecule has 7 nitrogen and oxygen atoms in total. The third-order valence-corrected chi connectivity index (χ3v) is 4.67. The number of hydrogen-bond donors (Lipinski definition) is 2. The van der Waals surface area contributed by atoms with E-state index in [-0.39, 0.29) is 11.8 Å². The molecule has 25 heavy (non-hydrogen) atoms. The van der Waals surface area contributed by atoms with Gasteiger partial charge in [-0.25, -0.2) is 0 Å². The maximum atomic E-state index is 12.4. The molecule has 0 radical (unpaired) electrons. The Kier molecular flexibility index (Phi) is 6.50. The first kappa shape index (κ1) is 18.9. The molecule has 1 saturated carbocycles. The molecule has 1 aromatic carbocycles. The highest BCUT2D eigenvalue weighted by atomic mass is 16.5. The lowest BCUT2D eigenvalue weighted by atomic mass is 9.82. The van der Waals surface area contributed by atoms with E-state index >= 15 is 0 Å². The van der Waals surface area contributed by atoms with E-state index in [0.29, 0.717) is 48.1 Å². The van der Waals surface area contributed by atoms with Crippen LogP contribution in [0.15, 0.2) is 12.1 Å². The van der Waals surface area contributed by atoms with Crippen LogP contribution in [-0.4, -0.2) is 44.9 Å². The van der Waals surface area contributed by atoms with Crippen LogP contribution in [0.3, 0.4) is 0 Å². The number of ether oxygens (including phenoxy) is 3. The fraction of sp³-hybridized carbons (Fsp3) is 0.556. The molecule has 1 aliphatic carbocycles. The minimum absolute atomic E-state index is 0.223. The Labute approximate surface area is 147 Å². The summed E-state index contributed by atoms with van der Waals surface area (Å²) < 4.78 is 15.8. The highest BCUT2D eigenvalue weighted by Gasteiger charge is 2.26. The molecule has 1 aromatic rings. The van der Waals surface area contributed by atoms with Crippen molar-refractivity contribution in [3.8, 4) is 17.2 Å². The van der Waals surface area contributed by atoms with Crippen LogP contribution >= 0.6 is 0 Å². The SMILES string of the molecule is COc1cc(C(=O)NC[C@H]2CC[C@H](C(=O)O)CC2)cc(OC)c1OC. The average molecular weight is 351 g/mol. The van der Waals surface area contributed by atoms with Crippen molar-refractivity contribution in [2.75, 3.05) is 27.9 Å². The fourth-order valence-corrected chi connectivity index (χ4v) is 3.16. The normalized spacial score (nSPS) is 19.8. The van der Waals surface area contributed by atoms with Crippen molar-refractivity contribution < 1.29 is 28.9 Å². The molecular weight excluding hydrogens is 326 g/mol. The van der Waals surface area contributed by atoms with Gasteiger partial charge in [0.1, 0.15) is 0 Å². The Balaban J connectivity index is 1.98. The first-order chi connectivity index (χ1) is 12.0. The van der Waals surface area contributed by atoms with Crippen LogP contribution in [0.4, 0.5) is 0 Å². The number of carbonyl (C=O) groups excluding carboxylic acids is 1. The molecule has 138 valence electrons. The second kappa shape index (κ2) is 8.60. The summed E-state index contributed by atoms with van der Waals surface area (Å²) in [6.45, 7) is 0.530. The molecule has 0 heterocycles. The number of carbonyl (C=O) groups is 2. The van der Waals surface area contributed by atoms with E-state index in [1.54, 1.807) is 12.1 Å². The Morgan fingerprint density at radius 2 is 1.60 bits per heavy atom. The molecule has 7 heteroatoms. The Morgan fingerprint density at radius 1 is 1.04 bits per heavy atom. The molecule has 0 atom stereocenters. The van der Waals surface area contributed by atoms with Gasteiger partial charge in [-0.05, 0) is 43.7 Å². The zero-order valence-electron chi connectivity index (χ0n) is 14.8. The van der Waals surface area contributed by atoms with Crippen LogP contribution < -0.4 is 19.5 Å². The topological polar surface area (TPSA) is 94.1 Å². The summed E-state index contributed by atoms with van der Waals surface area (Å²) in [5.74, 6) is 0.402. The van der Waals surface area contributed by atoms with Crippen molar-refractivity contribution in [3.63, 3.8) is 0 Å². The Bertz CT molecular complexity index is 597. The average Bonchev–Trinajstić information content (AvgIpc) is 2.64. The predicted molar refractivity (Wildman–Crippen MR) is 91.5 cm³/mol. The molecule has 0 saturated heterocycles. The summed E-state index contributed by atoms with van der Waals surface area (Å²) in [7, 11) is 4.51. The van der Waals surface area contributed by atoms with E-state index in [0.717, 1.165) is 12.8 Å². The van der Waals surface area contributed by atoms with Gasteiger partial charge >= 0.3 is 5.97 Å². The summed E-state index contributed by atoms with van der Waals surface area (Å²) in [5, 5.41) is 11.9. The number of carboxylic acid groups (broad SMARTS) is 1. The van der Waals surface area contributed by atoms with E-state index in [4.69, 9.17) is 19.3 Å². The lowest BCUT2D eigenvalue weighted by molar-refractivity contribution is -0.143. The molecule has 1 amide bonds. The number of amides is 1. The quantitative estimate of drug-likeness (QED) is 0.783. The minimum Gasteiger partial charge on any atom is -0.493 e. The van der Waals surface area contributed by atoms with Gasteiger partial charge in [-0.3, -0.25) is 9.59 Å². The monoisotopic (exact) mass is 351 g/mol. The lowest BCUT2D eigenvalue weighted by Gasteiger charge is -2.26. The van der Waals surface area contributed by atoms with E-state index in [1.807, 2.05) is 0 Å². The molecule has 0 aliphatic heterocycles. The van der Waals surface area contributed by atoms with E-state index in [2.05, 4.69) is 5.32 Å². The van der Waals surface area contributed by atoms with Crippen molar-refractivity contribution >= 4 is 11.9 Å². The highest BCUT2D eigenvalue weighted by Crippen LogP contribution is 2.38. The molecule has 1 aliphatic rings. The van der Waals surface area contributed by atoms with Crippen LogP contribution in [0, 0.1) is 11.8 Å². The van der Waals surface area contributed by atoms with Gasteiger partial charge < -0.3 is 24.6 Å². The first-order valence-corrected chi connectivity index (χ1v) is 8.31. The minimum atomic E-state index is -0.722. The molecule has 0 bridgehead atoms. The number of nitrogens with one attached hydrogen (secondary N) is 1. The van der Waals surface area contributed by atoms with Gasteiger partial charge in [-0.15, -0.1) is 0 Å². The van der Waals surface area contributed by atoms with Gasteiger partial charge in [0, 0.05) is 12.1 Å². The zero-order chi connectivity index (χ0) is 18.4. The van der Waals surface area contributed by atoms with E-state index in [1.165, 1.54) is 21.3 Å². The second-order valence-corrected chi connectivity index (χ2v) is 6.18. The summed E-state index contributed by atoms with van der Waals surface area (Å²) in [5.41, 5.74) is 0.425. The van der Waals surface area contributed by atoms with Gasteiger partial charge in [0.25, 0.3) is 5.91 Å². The van der Waals surface area contributed by atoms with Crippen LogP contribution in [0.2, 0.25) is 0 Å². The van der Waals surface area contributed by atoms with Crippen LogP contribution in [0.25, 0.3) is 0 Å². The molecule has 0 spiro atoms. The van der Waals surface area contributed by atoms with Crippen LogP contribution in [0.5, 0.6) is 17.2 Å². The van der Waals surface area contributed by atoms with Gasteiger partial charge in [0.15, 0.2) is 11.5 Å². The summed E-state index contributed by atoms with van der Waals surface area (Å²) in [6.07, 6.45) is 2.96. The predicted octanol–water partition coefficient (Wildman–Crippen LogP) is 2.33. The largest absolute Gasteiger partial charge is 0.493 e. The van der Waals surface area contributed by atoms with Gasteiger partial charge in [-0.2, -0.15) is 0 Å². The molecule has 0 unspecified atom stereocenters. The van der Waals surface area contributed by atoms with Gasteiger partial charge in [0.2, 0.25) is 5.75 Å². The molecule has 2 N–H and O–H groups in total. The van der Waals surface area contributed by atoms with Crippen molar-refractivity contribution in [2.24, 2.45) is 11.8 Å². The maximum Gasteiger partial charge on any atom is 0.306 e. The smallest absolute Gasteiger partial charge is 0.306 e. The van der Waals surface area contributed by atoms with E-state index in [9.17, 15) is 9.59 Å². The van der Waals surface area contributed by atoms with E-state index < -0.39 is 5.97 Å². The third kappa shape index (κ3) is 4.55. The maximum absolute atomic E-state index is 12.4. The molecule has 0 aromatic heterocycles. The third-order valence-electron chi connectivity index (χ3n) is 4.67. The summed E-state index contributed by atoms with van der Waals surface area (Å²) in [6, 6.07) is 3.22. The van der Waals surface area contributed by atoms with Crippen LogP contribution in [-0.2, 0) is 4.79 Å². The van der Waals surface area contributed by atoms with Gasteiger partial charge in [0.05, 0.1) is 27.2 Å². The highest BCUT2D eigenvalue weighted by molar-refractivity contribution is 5.95. The Hall–Kier alpha value is -2.44. The number of carboxylic acids is 1. The number of benzene rings is 1. The molecular formula is C18H25NO6. The van der Waals surface area contributed by atoms with Crippen molar-refractivity contribution in [1.29, 1.82) is 0 Å². The second-order valence-electron chi connectivity index (χ2n) is 6.18. The van der Waals surface area contributed by atoms with Crippen molar-refractivity contribution in [2.45, 2.75) is 25.7 Å². The molecule has 2 rings (SSSR count). The zero-order valence-corrected chi connectivity index (χ0v) is 14.8. The standard InChI is InChI=1S/C18H25NO6/c1-23-14-8-13(9-15(24-2)16(14)25-3)17(20)19-10-11-4-6-12(7-5-11)18(21)22/h8-9,11-12H,4-7,10H2,1-3H3,(H,19,20)(H,21,22)/t11-,12-. The number of aliphatic carboxylic acids is 1. The first-order valence-electron chi connectivity index (χ1n) is 8.31. The lowest BCUT2D eigenvalue weighted by Crippen LogP contribution is -2.32. The van der Waals surface area contributed by atoms with Crippen LogP contribution in [0.1, 0.15) is 36.0 Å². The number of hydrogen-bond acceptors (Lipinski definition) is 5. The molecule has 1 fully saturated rings. The van der Waals surface area contributed by atoms with Crippen molar-refractivity contribution in [3.05, 3.63) is 17.7 Å². The summed E-state index contributed by atoms with van der Waals surface area (Å²) >= 11 is 0. The number of methoxy groups -OCH3 is 3. The number of rotatable bonds is 7.